The monoisotopic (exact) mass is 440 g/mol. The van der Waals surface area contributed by atoms with E-state index in [4.69, 9.17) is 27.9 Å². The molecule has 0 bridgehead atoms. The van der Waals surface area contributed by atoms with Crippen molar-refractivity contribution in [2.24, 2.45) is 5.10 Å². The van der Waals surface area contributed by atoms with Crippen LogP contribution in [0.25, 0.3) is 0 Å². The lowest BCUT2D eigenvalue weighted by molar-refractivity contribution is -0.120. The molecular weight excluding hydrogens is 419 g/mol. The molecule has 3 aromatic carbocycles. The number of hydrogen-bond acceptors (Lipinski definition) is 3. The van der Waals surface area contributed by atoms with Crippen LogP contribution in [0.2, 0.25) is 10.0 Å². The Labute approximate surface area is 186 Å². The SMILES string of the molecule is Cc1ccc(CC(=O)N/N=C/c2ccc(OCc3ccc(Cl)cc3Cl)cc2)c(C)c1. The van der Waals surface area contributed by atoms with E-state index >= 15 is 0 Å². The number of amides is 1. The second kappa shape index (κ2) is 10.3. The van der Waals surface area contributed by atoms with E-state index in [0.29, 0.717) is 28.8 Å². The second-order valence-electron chi connectivity index (χ2n) is 6.99. The zero-order valence-electron chi connectivity index (χ0n) is 16.8. The number of carbonyl (C=O) groups is 1. The van der Waals surface area contributed by atoms with Crippen molar-refractivity contribution >= 4 is 35.3 Å². The summed E-state index contributed by atoms with van der Waals surface area (Å²) in [6, 6.07) is 18.7. The quantitative estimate of drug-likeness (QED) is 0.368. The van der Waals surface area contributed by atoms with Gasteiger partial charge in [-0.25, -0.2) is 5.43 Å². The number of hydrogen-bond donors (Lipinski definition) is 1. The number of benzene rings is 3. The van der Waals surface area contributed by atoms with Gasteiger partial charge < -0.3 is 4.74 Å². The van der Waals surface area contributed by atoms with Crippen LogP contribution in [0, 0.1) is 13.8 Å². The first-order valence-electron chi connectivity index (χ1n) is 9.45. The van der Waals surface area contributed by atoms with E-state index in [1.165, 1.54) is 5.56 Å². The smallest absolute Gasteiger partial charge is 0.244 e. The highest BCUT2D eigenvalue weighted by atomic mass is 35.5. The molecule has 30 heavy (non-hydrogen) atoms. The topological polar surface area (TPSA) is 50.7 Å². The number of rotatable bonds is 7. The third kappa shape index (κ3) is 6.34. The zero-order valence-corrected chi connectivity index (χ0v) is 18.3. The molecule has 3 aromatic rings. The van der Waals surface area contributed by atoms with Gasteiger partial charge in [0.1, 0.15) is 12.4 Å². The van der Waals surface area contributed by atoms with E-state index in [9.17, 15) is 4.79 Å². The Morgan fingerprint density at radius 3 is 2.43 bits per heavy atom. The summed E-state index contributed by atoms with van der Waals surface area (Å²) in [6.45, 7) is 4.38. The number of nitrogens with one attached hydrogen (secondary N) is 1. The maximum absolute atomic E-state index is 12.1. The molecule has 0 radical (unpaired) electrons. The molecule has 0 aliphatic rings. The molecule has 0 saturated carbocycles. The van der Waals surface area contributed by atoms with Crippen molar-refractivity contribution in [2.45, 2.75) is 26.9 Å². The molecule has 6 heteroatoms. The number of carbonyl (C=O) groups excluding carboxylic acids is 1. The van der Waals surface area contributed by atoms with Gasteiger partial charge in [-0.3, -0.25) is 4.79 Å². The molecule has 0 fully saturated rings. The van der Waals surface area contributed by atoms with Crippen molar-refractivity contribution < 1.29 is 9.53 Å². The van der Waals surface area contributed by atoms with Gasteiger partial charge >= 0.3 is 0 Å². The van der Waals surface area contributed by atoms with E-state index in [0.717, 1.165) is 22.3 Å². The Hall–Kier alpha value is -2.82. The van der Waals surface area contributed by atoms with Gasteiger partial charge in [0.2, 0.25) is 5.91 Å². The van der Waals surface area contributed by atoms with Gasteiger partial charge in [0, 0.05) is 15.6 Å². The van der Waals surface area contributed by atoms with E-state index < -0.39 is 0 Å². The first-order valence-corrected chi connectivity index (χ1v) is 10.2. The fourth-order valence-electron chi connectivity index (χ4n) is 2.89. The average molecular weight is 441 g/mol. The molecule has 0 saturated heterocycles. The number of hydrazone groups is 1. The molecule has 3 rings (SSSR count). The summed E-state index contributed by atoms with van der Waals surface area (Å²) in [5, 5.41) is 5.20. The minimum atomic E-state index is -0.155. The lowest BCUT2D eigenvalue weighted by Gasteiger charge is -2.08. The van der Waals surface area contributed by atoms with Gasteiger partial charge in [0.05, 0.1) is 12.6 Å². The van der Waals surface area contributed by atoms with Crippen LogP contribution in [0.15, 0.2) is 65.8 Å². The van der Waals surface area contributed by atoms with Crippen LogP contribution in [0.3, 0.4) is 0 Å². The minimum Gasteiger partial charge on any atom is -0.489 e. The number of ether oxygens (including phenoxy) is 1. The molecule has 1 amide bonds. The largest absolute Gasteiger partial charge is 0.489 e. The van der Waals surface area contributed by atoms with E-state index in [2.05, 4.69) is 16.6 Å². The summed E-state index contributed by atoms with van der Waals surface area (Å²) < 4.78 is 5.75. The summed E-state index contributed by atoms with van der Waals surface area (Å²) in [5.74, 6) is 0.551. The Balaban J connectivity index is 1.49. The van der Waals surface area contributed by atoms with E-state index in [1.54, 1.807) is 18.3 Å². The van der Waals surface area contributed by atoms with Crippen LogP contribution in [-0.4, -0.2) is 12.1 Å². The summed E-state index contributed by atoms with van der Waals surface area (Å²) in [6.07, 6.45) is 1.89. The Morgan fingerprint density at radius 1 is 1.00 bits per heavy atom. The maximum Gasteiger partial charge on any atom is 0.244 e. The maximum atomic E-state index is 12.1. The van der Waals surface area contributed by atoms with E-state index in [1.807, 2.05) is 56.3 Å². The standard InChI is InChI=1S/C24H22Cl2N2O2/c1-16-3-6-19(17(2)11-16)12-24(29)28-27-14-18-4-9-22(10-5-18)30-15-20-7-8-21(25)13-23(20)26/h3-11,13-14H,12,15H2,1-2H3,(H,28,29)/b27-14+. The molecule has 0 spiro atoms. The minimum absolute atomic E-state index is 0.155. The molecule has 0 aromatic heterocycles. The molecule has 1 N–H and O–H groups in total. The Bertz CT molecular complexity index is 1060. The Morgan fingerprint density at radius 2 is 1.73 bits per heavy atom. The highest BCUT2D eigenvalue weighted by molar-refractivity contribution is 6.35. The highest BCUT2D eigenvalue weighted by Crippen LogP contribution is 2.22. The molecule has 0 aliphatic carbocycles. The normalized spacial score (nSPS) is 10.9. The predicted molar refractivity (Wildman–Crippen MR) is 123 cm³/mol. The molecule has 0 unspecified atom stereocenters. The van der Waals surface area contributed by atoms with Crippen molar-refractivity contribution in [3.8, 4) is 5.75 Å². The molecule has 0 atom stereocenters. The van der Waals surface area contributed by atoms with Crippen molar-refractivity contribution in [3.05, 3.63) is 98.5 Å². The van der Waals surface area contributed by atoms with Crippen LogP contribution in [0.5, 0.6) is 5.75 Å². The summed E-state index contributed by atoms with van der Waals surface area (Å²) in [4.78, 5) is 12.1. The first kappa shape index (κ1) is 21.9. The summed E-state index contributed by atoms with van der Waals surface area (Å²) in [7, 11) is 0. The van der Waals surface area contributed by atoms with Gasteiger partial charge in [-0.05, 0) is 66.9 Å². The van der Waals surface area contributed by atoms with Crippen molar-refractivity contribution in [1.29, 1.82) is 0 Å². The number of aryl methyl sites for hydroxylation is 2. The van der Waals surface area contributed by atoms with Gasteiger partial charge in [-0.2, -0.15) is 5.10 Å². The van der Waals surface area contributed by atoms with Crippen molar-refractivity contribution in [3.63, 3.8) is 0 Å². The molecule has 154 valence electrons. The fourth-order valence-corrected chi connectivity index (χ4v) is 3.35. The average Bonchev–Trinajstić information content (AvgIpc) is 2.70. The number of halogens is 2. The number of nitrogens with zero attached hydrogens (tertiary/aromatic N) is 1. The van der Waals surface area contributed by atoms with Crippen LogP contribution < -0.4 is 10.2 Å². The summed E-state index contributed by atoms with van der Waals surface area (Å²) in [5.41, 5.74) is 7.55. The fraction of sp³-hybridized carbons (Fsp3) is 0.167. The molecule has 0 aliphatic heterocycles. The van der Waals surface area contributed by atoms with E-state index in [-0.39, 0.29) is 5.91 Å². The first-order chi connectivity index (χ1) is 14.4. The van der Waals surface area contributed by atoms with Crippen LogP contribution in [0.4, 0.5) is 0 Å². The zero-order chi connectivity index (χ0) is 21.5. The highest BCUT2D eigenvalue weighted by Gasteiger charge is 2.05. The van der Waals surface area contributed by atoms with Crippen molar-refractivity contribution in [2.75, 3.05) is 0 Å². The predicted octanol–water partition coefficient (Wildman–Crippen LogP) is 5.88. The molecule has 0 heterocycles. The van der Waals surface area contributed by atoms with Gasteiger partial charge in [-0.15, -0.1) is 0 Å². The second-order valence-corrected chi connectivity index (χ2v) is 7.84. The lowest BCUT2D eigenvalue weighted by Crippen LogP contribution is -2.20. The third-order valence-corrected chi connectivity index (χ3v) is 5.13. The van der Waals surface area contributed by atoms with Crippen LogP contribution in [0.1, 0.15) is 27.8 Å². The Kier molecular flexibility index (Phi) is 7.50. The van der Waals surface area contributed by atoms with Crippen LogP contribution >= 0.6 is 23.2 Å². The van der Waals surface area contributed by atoms with Crippen LogP contribution in [-0.2, 0) is 17.8 Å². The van der Waals surface area contributed by atoms with Gasteiger partial charge in [0.15, 0.2) is 0 Å². The summed E-state index contributed by atoms with van der Waals surface area (Å²) >= 11 is 12.1. The third-order valence-electron chi connectivity index (χ3n) is 4.54. The van der Waals surface area contributed by atoms with Gasteiger partial charge in [0.25, 0.3) is 0 Å². The van der Waals surface area contributed by atoms with Gasteiger partial charge in [-0.1, -0.05) is 53.0 Å². The van der Waals surface area contributed by atoms with Crippen molar-refractivity contribution in [1.82, 2.24) is 5.43 Å². The molecular formula is C24H22Cl2N2O2. The lowest BCUT2D eigenvalue weighted by atomic mass is 10.0. The molecule has 4 nitrogen and oxygen atoms in total.